The Balaban J connectivity index is 1.43. The molecule has 4 rings (SSSR count). The van der Waals surface area contributed by atoms with Crippen molar-refractivity contribution in [3.63, 3.8) is 0 Å². The van der Waals surface area contributed by atoms with E-state index in [1.165, 1.54) is 6.07 Å². The van der Waals surface area contributed by atoms with Crippen molar-refractivity contribution in [2.75, 3.05) is 5.73 Å². The van der Waals surface area contributed by atoms with Gasteiger partial charge in [0.2, 0.25) is 0 Å². The Hall–Kier alpha value is -3.81. The van der Waals surface area contributed by atoms with Crippen LogP contribution in [0.5, 0.6) is 5.75 Å². The lowest BCUT2D eigenvalue weighted by atomic mass is 10.0. The molecular formula is C21H17F2N5O. The molecule has 29 heavy (non-hydrogen) atoms. The van der Waals surface area contributed by atoms with Crippen molar-refractivity contribution in [3.05, 3.63) is 89.2 Å². The average Bonchev–Trinajstić information content (AvgIpc) is 3.18. The Morgan fingerprint density at radius 1 is 0.966 bits per heavy atom. The number of ether oxygens (including phenoxy) is 1. The zero-order valence-electron chi connectivity index (χ0n) is 15.3. The third-order valence-electron chi connectivity index (χ3n) is 4.41. The van der Waals surface area contributed by atoms with E-state index in [0.717, 1.165) is 29.0 Å². The summed E-state index contributed by atoms with van der Waals surface area (Å²) in [6.07, 6.45) is 2.19. The molecular weight excluding hydrogens is 376 g/mol. The van der Waals surface area contributed by atoms with E-state index < -0.39 is 11.6 Å². The Bertz CT molecular complexity index is 1130. The van der Waals surface area contributed by atoms with Crippen LogP contribution in [0.1, 0.15) is 16.8 Å². The van der Waals surface area contributed by atoms with E-state index in [9.17, 15) is 8.78 Å². The first-order valence-electron chi connectivity index (χ1n) is 8.86. The van der Waals surface area contributed by atoms with Gasteiger partial charge in [-0.2, -0.15) is 0 Å². The predicted molar refractivity (Wildman–Crippen MR) is 104 cm³/mol. The highest BCUT2D eigenvalue weighted by Crippen LogP contribution is 2.26. The number of pyridine rings is 1. The predicted octanol–water partition coefficient (Wildman–Crippen LogP) is 3.90. The number of hydrogen-bond donors (Lipinski definition) is 2. The highest BCUT2D eigenvalue weighted by Gasteiger charge is 2.13. The Morgan fingerprint density at radius 3 is 2.52 bits per heavy atom. The van der Waals surface area contributed by atoms with Crippen LogP contribution >= 0.6 is 0 Å². The maximum Gasteiger partial charge on any atom is 0.159 e. The second-order valence-corrected chi connectivity index (χ2v) is 6.43. The SMILES string of the molecule is Nc1ncccc1-c1nn[nH]c1Cc1ccc(OCc2ccc(F)c(F)c2)cc1. The van der Waals surface area contributed by atoms with Crippen molar-refractivity contribution in [2.24, 2.45) is 0 Å². The first kappa shape index (κ1) is 18.5. The fourth-order valence-corrected chi connectivity index (χ4v) is 2.91. The minimum absolute atomic E-state index is 0.144. The fourth-order valence-electron chi connectivity index (χ4n) is 2.91. The van der Waals surface area contributed by atoms with Gasteiger partial charge in [-0.3, -0.25) is 5.10 Å². The lowest BCUT2D eigenvalue weighted by molar-refractivity contribution is 0.305. The smallest absolute Gasteiger partial charge is 0.159 e. The van der Waals surface area contributed by atoms with Gasteiger partial charge in [-0.1, -0.05) is 23.4 Å². The van der Waals surface area contributed by atoms with Crippen LogP contribution in [0.2, 0.25) is 0 Å². The van der Waals surface area contributed by atoms with Crippen LogP contribution in [0.25, 0.3) is 11.3 Å². The molecule has 0 aliphatic rings. The Morgan fingerprint density at radius 2 is 1.76 bits per heavy atom. The minimum Gasteiger partial charge on any atom is -0.489 e. The number of nitrogen functional groups attached to an aromatic ring is 1. The molecule has 0 bridgehead atoms. The van der Waals surface area contributed by atoms with Gasteiger partial charge >= 0.3 is 0 Å². The van der Waals surface area contributed by atoms with Gasteiger partial charge < -0.3 is 10.5 Å². The van der Waals surface area contributed by atoms with E-state index >= 15 is 0 Å². The number of hydrogen-bond acceptors (Lipinski definition) is 5. The molecule has 0 saturated heterocycles. The summed E-state index contributed by atoms with van der Waals surface area (Å²) in [5, 5.41) is 10.9. The van der Waals surface area contributed by atoms with Gasteiger partial charge in [0.15, 0.2) is 11.6 Å². The van der Waals surface area contributed by atoms with Crippen LogP contribution in [0, 0.1) is 11.6 Å². The molecule has 0 unspecified atom stereocenters. The van der Waals surface area contributed by atoms with E-state index in [0.29, 0.717) is 29.2 Å². The number of nitrogens with zero attached hydrogens (tertiary/aromatic N) is 3. The van der Waals surface area contributed by atoms with Crippen LogP contribution in [0.3, 0.4) is 0 Å². The Labute approximate surface area is 165 Å². The molecule has 146 valence electrons. The number of aromatic nitrogens is 4. The monoisotopic (exact) mass is 393 g/mol. The van der Waals surface area contributed by atoms with Gasteiger partial charge in [0.25, 0.3) is 0 Å². The minimum atomic E-state index is -0.889. The van der Waals surface area contributed by atoms with Gasteiger partial charge in [-0.25, -0.2) is 13.8 Å². The van der Waals surface area contributed by atoms with Crippen molar-refractivity contribution in [3.8, 4) is 17.0 Å². The first-order valence-corrected chi connectivity index (χ1v) is 8.86. The van der Waals surface area contributed by atoms with E-state index in [1.54, 1.807) is 12.3 Å². The van der Waals surface area contributed by atoms with Crippen molar-refractivity contribution in [2.45, 2.75) is 13.0 Å². The number of nitrogens with one attached hydrogen (secondary N) is 1. The molecule has 0 amide bonds. The van der Waals surface area contributed by atoms with Gasteiger partial charge in [0.1, 0.15) is 23.9 Å². The third kappa shape index (κ3) is 4.21. The third-order valence-corrected chi connectivity index (χ3v) is 4.41. The lowest BCUT2D eigenvalue weighted by Crippen LogP contribution is -1.98. The second kappa shape index (κ2) is 8.05. The van der Waals surface area contributed by atoms with Crippen LogP contribution in [0.15, 0.2) is 60.8 Å². The summed E-state index contributed by atoms with van der Waals surface area (Å²) in [5.74, 6) is -0.750. The maximum absolute atomic E-state index is 13.3. The average molecular weight is 393 g/mol. The summed E-state index contributed by atoms with van der Waals surface area (Å²) in [6.45, 7) is 0.144. The molecule has 2 aromatic heterocycles. The zero-order valence-corrected chi connectivity index (χ0v) is 15.3. The molecule has 3 N–H and O–H groups in total. The maximum atomic E-state index is 13.3. The molecule has 2 heterocycles. The lowest BCUT2D eigenvalue weighted by Gasteiger charge is -2.08. The number of aromatic amines is 1. The molecule has 0 atom stereocenters. The molecule has 0 radical (unpaired) electrons. The number of H-pyrrole nitrogens is 1. The van der Waals surface area contributed by atoms with Gasteiger partial charge in [-0.05, 0) is 47.5 Å². The van der Waals surface area contributed by atoms with Crippen LogP contribution in [-0.4, -0.2) is 20.4 Å². The number of rotatable bonds is 6. The molecule has 0 saturated carbocycles. The molecule has 2 aromatic carbocycles. The summed E-state index contributed by atoms with van der Waals surface area (Å²) in [7, 11) is 0. The largest absolute Gasteiger partial charge is 0.489 e. The second-order valence-electron chi connectivity index (χ2n) is 6.43. The summed E-state index contributed by atoms with van der Waals surface area (Å²) in [5.41, 5.74) is 9.71. The van der Waals surface area contributed by atoms with Crippen LogP contribution in [0.4, 0.5) is 14.6 Å². The molecule has 0 aliphatic heterocycles. The van der Waals surface area contributed by atoms with E-state index in [4.69, 9.17) is 10.5 Å². The van der Waals surface area contributed by atoms with Crippen molar-refractivity contribution in [1.29, 1.82) is 0 Å². The highest BCUT2D eigenvalue weighted by atomic mass is 19.2. The van der Waals surface area contributed by atoms with Gasteiger partial charge in [-0.15, -0.1) is 5.10 Å². The summed E-state index contributed by atoms with van der Waals surface area (Å²) in [6, 6.07) is 14.8. The van der Waals surface area contributed by atoms with Crippen molar-refractivity contribution >= 4 is 5.82 Å². The zero-order chi connectivity index (χ0) is 20.2. The molecule has 0 spiro atoms. The quantitative estimate of drug-likeness (QED) is 0.519. The number of anilines is 1. The number of halogens is 2. The highest BCUT2D eigenvalue weighted by molar-refractivity contribution is 5.72. The number of benzene rings is 2. The molecule has 6 nitrogen and oxygen atoms in total. The normalized spacial score (nSPS) is 10.8. The summed E-state index contributed by atoms with van der Waals surface area (Å²) in [4.78, 5) is 4.09. The van der Waals surface area contributed by atoms with Crippen molar-refractivity contribution < 1.29 is 13.5 Å². The molecule has 4 aromatic rings. The van der Waals surface area contributed by atoms with Crippen molar-refractivity contribution in [1.82, 2.24) is 20.4 Å². The van der Waals surface area contributed by atoms with Crippen LogP contribution < -0.4 is 10.5 Å². The molecule has 0 fully saturated rings. The first-order chi connectivity index (χ1) is 14.1. The standard InChI is InChI=1S/C21H17F2N5O/c22-17-8-5-14(10-18(17)23)12-29-15-6-3-13(4-7-15)11-19-20(27-28-26-19)16-2-1-9-25-21(16)24/h1-10H,11-12H2,(H2,24,25)(H,26,27,28). The van der Waals surface area contributed by atoms with Crippen LogP contribution in [-0.2, 0) is 13.0 Å². The topological polar surface area (TPSA) is 89.7 Å². The van der Waals surface area contributed by atoms with E-state index in [2.05, 4.69) is 20.4 Å². The summed E-state index contributed by atoms with van der Waals surface area (Å²) < 4.78 is 31.9. The molecule has 8 heteroatoms. The van der Waals surface area contributed by atoms with E-state index in [1.807, 2.05) is 30.3 Å². The van der Waals surface area contributed by atoms with Gasteiger partial charge in [0, 0.05) is 18.2 Å². The van der Waals surface area contributed by atoms with E-state index in [-0.39, 0.29) is 6.61 Å². The summed E-state index contributed by atoms with van der Waals surface area (Å²) >= 11 is 0. The fraction of sp³-hybridized carbons (Fsp3) is 0.0952. The number of nitrogens with two attached hydrogens (primary N) is 1. The van der Waals surface area contributed by atoms with Gasteiger partial charge in [0.05, 0.1) is 5.69 Å². The Kier molecular flexibility index (Phi) is 5.15. The molecule has 0 aliphatic carbocycles.